The summed E-state index contributed by atoms with van der Waals surface area (Å²) in [6, 6.07) is 4.56. The molecular formula is C21H25FN2O3S. The Morgan fingerprint density at radius 1 is 1.32 bits per heavy atom. The van der Waals surface area contributed by atoms with E-state index in [1.165, 1.54) is 16.4 Å². The lowest BCUT2D eigenvalue weighted by atomic mass is 9.70. The molecule has 7 heteroatoms. The second-order valence-electron chi connectivity index (χ2n) is 9.28. The van der Waals surface area contributed by atoms with Gasteiger partial charge in [0.2, 0.25) is 10.0 Å². The van der Waals surface area contributed by atoms with Gasteiger partial charge in [0.05, 0.1) is 5.75 Å². The number of fused-ring (bicyclic) bond motifs is 5. The largest absolute Gasteiger partial charge is 0.358 e. The van der Waals surface area contributed by atoms with Crippen LogP contribution in [0.5, 0.6) is 0 Å². The van der Waals surface area contributed by atoms with Crippen LogP contribution in [0.2, 0.25) is 0 Å². The topological polar surface area (TPSA) is 70.2 Å². The highest BCUT2D eigenvalue weighted by Gasteiger charge is 2.65. The first-order valence-corrected chi connectivity index (χ1v) is 11.6. The zero-order valence-corrected chi connectivity index (χ0v) is 17.0. The van der Waals surface area contributed by atoms with Crippen molar-refractivity contribution in [3.63, 3.8) is 0 Å². The van der Waals surface area contributed by atoms with Gasteiger partial charge in [0.15, 0.2) is 0 Å². The van der Waals surface area contributed by atoms with Crippen LogP contribution in [0.3, 0.4) is 0 Å². The van der Waals surface area contributed by atoms with Gasteiger partial charge in [-0.1, -0.05) is 13.8 Å². The van der Waals surface area contributed by atoms with E-state index in [0.717, 1.165) is 28.6 Å². The molecule has 2 bridgehead atoms. The van der Waals surface area contributed by atoms with Crippen LogP contribution in [-0.2, 0) is 27.8 Å². The fraction of sp³-hybridized carbons (Fsp3) is 0.571. The van der Waals surface area contributed by atoms with Gasteiger partial charge in [-0.2, -0.15) is 4.31 Å². The number of benzene rings is 1. The maximum Gasteiger partial charge on any atom is 0.215 e. The molecule has 3 aliphatic rings. The number of hydrogen-bond donors (Lipinski definition) is 1. The number of nitrogens with zero attached hydrogens (tertiary/aromatic N) is 1. The fourth-order valence-corrected chi connectivity index (χ4v) is 8.09. The summed E-state index contributed by atoms with van der Waals surface area (Å²) >= 11 is 0. The van der Waals surface area contributed by atoms with Gasteiger partial charge in [0.25, 0.3) is 0 Å². The average Bonchev–Trinajstić information content (AvgIpc) is 3.16. The quantitative estimate of drug-likeness (QED) is 0.853. The zero-order valence-electron chi connectivity index (χ0n) is 16.2. The molecule has 150 valence electrons. The SMILES string of the molecule is CC1(C)[C@H]2CCC1(CS(=O)(=O)N1CCc3[nH]c4ccc(F)cc4c3C1)C(=O)C2. The molecule has 1 aromatic heterocycles. The third kappa shape index (κ3) is 2.32. The van der Waals surface area contributed by atoms with Crippen LogP contribution in [0.25, 0.3) is 10.9 Å². The summed E-state index contributed by atoms with van der Waals surface area (Å²) in [5, 5.41) is 0.742. The number of Topliss-reactive ketones (excluding diaryl/α,β-unsaturated/α-hetero) is 1. The number of H-pyrrole nitrogens is 1. The van der Waals surface area contributed by atoms with Gasteiger partial charge in [0, 0.05) is 47.9 Å². The van der Waals surface area contributed by atoms with E-state index in [9.17, 15) is 17.6 Å². The second-order valence-corrected chi connectivity index (χ2v) is 11.2. The van der Waals surface area contributed by atoms with Crippen LogP contribution in [-0.4, -0.2) is 35.8 Å². The van der Waals surface area contributed by atoms with Gasteiger partial charge in [0.1, 0.15) is 11.6 Å². The second kappa shape index (κ2) is 5.66. The number of nitrogens with one attached hydrogen (secondary N) is 1. The van der Waals surface area contributed by atoms with Crippen molar-refractivity contribution in [2.45, 2.75) is 46.1 Å². The van der Waals surface area contributed by atoms with Crippen molar-refractivity contribution in [3.05, 3.63) is 35.3 Å². The van der Waals surface area contributed by atoms with E-state index in [0.29, 0.717) is 31.7 Å². The van der Waals surface area contributed by atoms with E-state index >= 15 is 0 Å². The molecule has 2 atom stereocenters. The molecule has 0 amide bonds. The minimum Gasteiger partial charge on any atom is -0.358 e. The minimum absolute atomic E-state index is 0.103. The lowest BCUT2D eigenvalue weighted by Gasteiger charge is -2.38. The molecular weight excluding hydrogens is 379 g/mol. The molecule has 1 aliphatic heterocycles. The van der Waals surface area contributed by atoms with Crippen LogP contribution in [0.4, 0.5) is 4.39 Å². The smallest absolute Gasteiger partial charge is 0.215 e. The average molecular weight is 405 g/mol. The number of sulfonamides is 1. The Labute approximate surface area is 164 Å². The van der Waals surface area contributed by atoms with Crippen molar-refractivity contribution in [3.8, 4) is 0 Å². The molecule has 1 unspecified atom stereocenters. The Bertz CT molecular complexity index is 1100. The Morgan fingerprint density at radius 3 is 2.79 bits per heavy atom. The third-order valence-corrected chi connectivity index (χ3v) is 9.82. The molecule has 2 fully saturated rings. The molecule has 2 saturated carbocycles. The highest BCUT2D eigenvalue weighted by Crippen LogP contribution is 2.64. The van der Waals surface area contributed by atoms with E-state index in [1.54, 1.807) is 6.07 Å². The number of ketones is 1. The molecule has 1 N–H and O–H groups in total. The van der Waals surface area contributed by atoms with Gasteiger partial charge in [-0.15, -0.1) is 0 Å². The maximum absolute atomic E-state index is 13.7. The van der Waals surface area contributed by atoms with Crippen LogP contribution < -0.4 is 0 Å². The third-order valence-electron chi connectivity index (χ3n) is 7.86. The highest BCUT2D eigenvalue weighted by molar-refractivity contribution is 7.89. The summed E-state index contributed by atoms with van der Waals surface area (Å²) in [6.07, 6.45) is 2.67. The van der Waals surface area contributed by atoms with Crippen LogP contribution in [0.15, 0.2) is 18.2 Å². The molecule has 1 aromatic carbocycles. The summed E-state index contributed by atoms with van der Waals surface area (Å²) in [7, 11) is -3.61. The molecule has 5 rings (SSSR count). The van der Waals surface area contributed by atoms with Crippen molar-refractivity contribution in [2.75, 3.05) is 12.3 Å². The van der Waals surface area contributed by atoms with Crippen LogP contribution in [0.1, 0.15) is 44.4 Å². The summed E-state index contributed by atoms with van der Waals surface area (Å²) in [5.74, 6) is -0.0265. The van der Waals surface area contributed by atoms with E-state index < -0.39 is 15.4 Å². The molecule has 2 heterocycles. The minimum atomic E-state index is -3.61. The van der Waals surface area contributed by atoms with Crippen molar-refractivity contribution in [1.82, 2.24) is 9.29 Å². The van der Waals surface area contributed by atoms with Gasteiger partial charge >= 0.3 is 0 Å². The first-order valence-electron chi connectivity index (χ1n) is 9.94. The Balaban J connectivity index is 1.48. The predicted molar refractivity (Wildman–Crippen MR) is 105 cm³/mol. The summed E-state index contributed by atoms with van der Waals surface area (Å²) in [4.78, 5) is 16.1. The number of hydrogen-bond acceptors (Lipinski definition) is 3. The molecule has 0 saturated heterocycles. The first-order chi connectivity index (χ1) is 13.1. The number of carbonyl (C=O) groups is 1. The van der Waals surface area contributed by atoms with Gasteiger partial charge in [-0.05, 0) is 47.9 Å². The van der Waals surface area contributed by atoms with E-state index in [4.69, 9.17) is 0 Å². The zero-order chi connectivity index (χ0) is 19.9. The number of aromatic nitrogens is 1. The number of halogens is 1. The number of carbonyl (C=O) groups excluding carboxylic acids is 1. The molecule has 28 heavy (non-hydrogen) atoms. The summed E-state index contributed by atoms with van der Waals surface area (Å²) < 4.78 is 42.0. The van der Waals surface area contributed by atoms with Crippen molar-refractivity contribution < 1.29 is 17.6 Å². The van der Waals surface area contributed by atoms with Crippen LogP contribution >= 0.6 is 0 Å². The molecule has 2 aliphatic carbocycles. The summed E-state index contributed by atoms with van der Waals surface area (Å²) in [6.45, 7) is 4.73. The van der Waals surface area contributed by atoms with Crippen LogP contribution in [0, 0.1) is 22.6 Å². The maximum atomic E-state index is 13.7. The fourth-order valence-electron chi connectivity index (χ4n) is 5.91. The highest BCUT2D eigenvalue weighted by atomic mass is 32.2. The van der Waals surface area contributed by atoms with E-state index in [1.807, 2.05) is 0 Å². The summed E-state index contributed by atoms with van der Waals surface area (Å²) in [5.41, 5.74) is 1.62. The molecule has 0 radical (unpaired) electrons. The molecule has 5 nitrogen and oxygen atoms in total. The van der Waals surface area contributed by atoms with Gasteiger partial charge < -0.3 is 4.98 Å². The predicted octanol–water partition coefficient (Wildman–Crippen LogP) is 3.39. The Kier molecular flexibility index (Phi) is 3.70. The van der Waals surface area contributed by atoms with Crippen molar-refractivity contribution in [1.29, 1.82) is 0 Å². The van der Waals surface area contributed by atoms with Crippen molar-refractivity contribution >= 4 is 26.7 Å². The number of rotatable bonds is 3. The lowest BCUT2D eigenvalue weighted by Crippen LogP contribution is -2.47. The number of aromatic amines is 1. The monoisotopic (exact) mass is 404 g/mol. The van der Waals surface area contributed by atoms with Gasteiger partial charge in [-0.25, -0.2) is 12.8 Å². The van der Waals surface area contributed by atoms with E-state index in [2.05, 4.69) is 18.8 Å². The van der Waals surface area contributed by atoms with Crippen molar-refractivity contribution in [2.24, 2.45) is 16.7 Å². The first kappa shape index (κ1) is 18.3. The Morgan fingerprint density at radius 2 is 2.11 bits per heavy atom. The van der Waals surface area contributed by atoms with Gasteiger partial charge in [-0.3, -0.25) is 4.79 Å². The lowest BCUT2D eigenvalue weighted by molar-refractivity contribution is -0.128. The molecule has 2 aromatic rings. The molecule has 0 spiro atoms. The normalized spacial score (nSPS) is 29.5. The Hall–Kier alpha value is -1.73. The van der Waals surface area contributed by atoms with E-state index in [-0.39, 0.29) is 29.3 Å². The standard InChI is InChI=1S/C21H25FN2O3S/c1-20(2)13-5-7-21(20,19(25)9-13)12-28(26,27)24-8-6-18-16(11-24)15-10-14(22)3-4-17(15)23-18/h3-4,10,13,23H,5-9,11-12H2,1-2H3/t13-,21?/m0/s1.